The molecule has 0 bridgehead atoms. The SMILES string of the molecule is CC[N+](CC)(CC)C(C)C=C(C)C(=O)O. The van der Waals surface area contributed by atoms with Gasteiger partial charge in [-0.15, -0.1) is 0 Å². The molecule has 0 aliphatic carbocycles. The van der Waals surface area contributed by atoms with Gasteiger partial charge in [-0.3, -0.25) is 0 Å². The fourth-order valence-corrected chi connectivity index (χ4v) is 2.13. The third kappa shape index (κ3) is 3.34. The molecule has 0 aliphatic rings. The minimum Gasteiger partial charge on any atom is -0.478 e. The van der Waals surface area contributed by atoms with Crippen molar-refractivity contribution in [2.45, 2.75) is 40.7 Å². The van der Waals surface area contributed by atoms with Crippen molar-refractivity contribution >= 4 is 5.97 Å². The molecule has 1 N–H and O–H groups in total. The highest BCUT2D eigenvalue weighted by molar-refractivity contribution is 5.85. The second kappa shape index (κ2) is 5.91. The molecule has 0 amide bonds. The smallest absolute Gasteiger partial charge is 0.331 e. The van der Waals surface area contributed by atoms with Gasteiger partial charge in [-0.2, -0.15) is 0 Å². The van der Waals surface area contributed by atoms with Crippen LogP contribution >= 0.6 is 0 Å². The zero-order chi connectivity index (χ0) is 12.1. The number of likely N-dealkylation sites (N-methyl/N-ethyl adjacent to an activating group) is 1. The van der Waals surface area contributed by atoms with E-state index in [-0.39, 0.29) is 6.04 Å². The van der Waals surface area contributed by atoms with Crippen LogP contribution < -0.4 is 0 Å². The maximum atomic E-state index is 10.8. The topological polar surface area (TPSA) is 37.3 Å². The molecule has 0 saturated carbocycles. The second-order valence-electron chi connectivity index (χ2n) is 4.06. The van der Waals surface area contributed by atoms with Crippen LogP contribution in [0.3, 0.4) is 0 Å². The van der Waals surface area contributed by atoms with Crippen LogP contribution in [0.5, 0.6) is 0 Å². The second-order valence-corrected chi connectivity index (χ2v) is 4.06. The predicted molar refractivity (Wildman–Crippen MR) is 62.7 cm³/mol. The van der Waals surface area contributed by atoms with Gasteiger partial charge in [0, 0.05) is 5.57 Å². The van der Waals surface area contributed by atoms with E-state index in [4.69, 9.17) is 5.11 Å². The molecule has 0 rings (SSSR count). The van der Waals surface area contributed by atoms with Gasteiger partial charge in [-0.1, -0.05) is 0 Å². The van der Waals surface area contributed by atoms with E-state index in [0.29, 0.717) is 5.57 Å². The van der Waals surface area contributed by atoms with Crippen LogP contribution in [-0.2, 0) is 4.79 Å². The number of nitrogens with zero attached hydrogens (tertiary/aromatic N) is 1. The number of aliphatic carboxylic acids is 1. The van der Waals surface area contributed by atoms with E-state index < -0.39 is 5.97 Å². The number of carboxylic acids is 1. The minimum atomic E-state index is -0.816. The number of hydrogen-bond acceptors (Lipinski definition) is 1. The molecule has 0 saturated heterocycles. The summed E-state index contributed by atoms with van der Waals surface area (Å²) in [6, 6.07) is 0.265. The maximum Gasteiger partial charge on any atom is 0.331 e. The van der Waals surface area contributed by atoms with Crippen molar-refractivity contribution in [2.75, 3.05) is 19.6 Å². The fourth-order valence-electron chi connectivity index (χ4n) is 2.13. The Morgan fingerprint density at radius 2 is 1.67 bits per heavy atom. The first kappa shape index (κ1) is 14.2. The summed E-state index contributed by atoms with van der Waals surface area (Å²) in [5.41, 5.74) is 0.445. The fraction of sp³-hybridized carbons (Fsp3) is 0.750. The number of hydrogen-bond donors (Lipinski definition) is 1. The lowest BCUT2D eigenvalue weighted by atomic mass is 10.1. The summed E-state index contributed by atoms with van der Waals surface area (Å²) in [4.78, 5) is 10.8. The number of quaternary nitrogens is 1. The molecule has 0 aliphatic heterocycles. The van der Waals surface area contributed by atoms with Crippen molar-refractivity contribution in [1.82, 2.24) is 0 Å². The average molecular weight is 214 g/mol. The molecule has 0 heterocycles. The molecule has 0 spiro atoms. The number of carbonyl (C=O) groups is 1. The van der Waals surface area contributed by atoms with Gasteiger partial charge < -0.3 is 9.59 Å². The maximum absolute atomic E-state index is 10.8. The Bertz CT molecular complexity index is 234. The summed E-state index contributed by atoms with van der Waals surface area (Å²) in [6.07, 6.45) is 1.87. The molecule has 0 aromatic carbocycles. The quantitative estimate of drug-likeness (QED) is 0.544. The summed E-state index contributed by atoms with van der Waals surface area (Å²) >= 11 is 0. The normalized spacial score (nSPS) is 15.1. The van der Waals surface area contributed by atoms with Gasteiger partial charge in [-0.05, 0) is 40.7 Å². The van der Waals surface area contributed by atoms with Gasteiger partial charge >= 0.3 is 5.97 Å². The highest BCUT2D eigenvalue weighted by atomic mass is 16.4. The van der Waals surface area contributed by atoms with Crippen molar-refractivity contribution in [3.63, 3.8) is 0 Å². The Morgan fingerprint density at radius 3 is 1.93 bits per heavy atom. The molecule has 0 fully saturated rings. The predicted octanol–water partition coefficient (Wildman–Crippen LogP) is 2.28. The van der Waals surface area contributed by atoms with Gasteiger partial charge in [0.2, 0.25) is 0 Å². The molecule has 3 heteroatoms. The molecule has 0 aromatic heterocycles. The first-order chi connectivity index (χ1) is 6.93. The third-order valence-electron chi connectivity index (χ3n) is 3.58. The Hall–Kier alpha value is -0.830. The van der Waals surface area contributed by atoms with E-state index >= 15 is 0 Å². The summed E-state index contributed by atoms with van der Waals surface area (Å²) in [6.45, 7) is 13.4. The molecular weight excluding hydrogens is 190 g/mol. The van der Waals surface area contributed by atoms with Crippen molar-refractivity contribution in [2.24, 2.45) is 0 Å². The molecule has 88 valence electrons. The Morgan fingerprint density at radius 1 is 1.27 bits per heavy atom. The van der Waals surface area contributed by atoms with E-state index in [2.05, 4.69) is 27.7 Å². The van der Waals surface area contributed by atoms with Crippen LogP contribution in [0.25, 0.3) is 0 Å². The summed E-state index contributed by atoms with van der Waals surface area (Å²) in [5.74, 6) is -0.816. The van der Waals surface area contributed by atoms with E-state index in [1.165, 1.54) is 0 Å². The highest BCUT2D eigenvalue weighted by Crippen LogP contribution is 2.15. The van der Waals surface area contributed by atoms with Gasteiger partial charge in [0.1, 0.15) is 6.04 Å². The van der Waals surface area contributed by atoms with Gasteiger partial charge in [-0.25, -0.2) is 4.79 Å². The Kier molecular flexibility index (Phi) is 5.58. The van der Waals surface area contributed by atoms with Crippen molar-refractivity contribution < 1.29 is 14.4 Å². The van der Waals surface area contributed by atoms with Crippen molar-refractivity contribution in [1.29, 1.82) is 0 Å². The van der Waals surface area contributed by atoms with Crippen molar-refractivity contribution in [3.8, 4) is 0 Å². The summed E-state index contributed by atoms with van der Waals surface area (Å²) in [7, 11) is 0. The third-order valence-corrected chi connectivity index (χ3v) is 3.58. The van der Waals surface area contributed by atoms with Gasteiger partial charge in [0.05, 0.1) is 19.6 Å². The van der Waals surface area contributed by atoms with Crippen LogP contribution in [0.4, 0.5) is 0 Å². The molecule has 3 nitrogen and oxygen atoms in total. The molecule has 0 radical (unpaired) electrons. The standard InChI is InChI=1S/C12H23NO2/c1-6-13(7-2,8-3)11(5)9-10(4)12(14)15/h9,11H,6-8H2,1-5H3/p+1. The molecule has 1 atom stereocenters. The van der Waals surface area contributed by atoms with E-state index in [1.54, 1.807) is 6.92 Å². The lowest BCUT2D eigenvalue weighted by Gasteiger charge is -2.40. The lowest BCUT2D eigenvalue weighted by Crippen LogP contribution is -2.53. The van der Waals surface area contributed by atoms with Crippen LogP contribution in [0.15, 0.2) is 11.6 Å². The van der Waals surface area contributed by atoms with Crippen molar-refractivity contribution in [3.05, 3.63) is 11.6 Å². The number of rotatable bonds is 6. The summed E-state index contributed by atoms with van der Waals surface area (Å²) in [5, 5.41) is 8.84. The Balaban J connectivity index is 4.87. The number of carboxylic acid groups (broad SMARTS) is 1. The van der Waals surface area contributed by atoms with E-state index in [9.17, 15) is 4.79 Å². The van der Waals surface area contributed by atoms with Crippen LogP contribution in [0, 0.1) is 0 Å². The highest BCUT2D eigenvalue weighted by Gasteiger charge is 2.27. The lowest BCUT2D eigenvalue weighted by molar-refractivity contribution is -0.938. The summed E-state index contributed by atoms with van der Waals surface area (Å²) < 4.78 is 0.949. The molecule has 15 heavy (non-hydrogen) atoms. The Labute approximate surface area is 93.0 Å². The molecule has 1 unspecified atom stereocenters. The molecular formula is C12H24NO2+. The zero-order valence-corrected chi connectivity index (χ0v) is 10.6. The monoisotopic (exact) mass is 214 g/mol. The zero-order valence-electron chi connectivity index (χ0n) is 10.6. The first-order valence-electron chi connectivity index (χ1n) is 5.71. The van der Waals surface area contributed by atoms with Gasteiger partial charge in [0.25, 0.3) is 0 Å². The van der Waals surface area contributed by atoms with Gasteiger partial charge in [0.15, 0.2) is 0 Å². The van der Waals surface area contributed by atoms with Crippen LogP contribution in [0.1, 0.15) is 34.6 Å². The van der Waals surface area contributed by atoms with Crippen LogP contribution in [-0.4, -0.2) is 41.2 Å². The van der Waals surface area contributed by atoms with E-state index in [0.717, 1.165) is 24.1 Å². The minimum absolute atomic E-state index is 0.265. The van der Waals surface area contributed by atoms with E-state index in [1.807, 2.05) is 6.08 Å². The largest absolute Gasteiger partial charge is 0.478 e. The average Bonchev–Trinajstić information content (AvgIpc) is 2.21. The van der Waals surface area contributed by atoms with Crippen LogP contribution in [0.2, 0.25) is 0 Å². The first-order valence-corrected chi connectivity index (χ1v) is 5.71. The molecule has 0 aromatic rings.